The van der Waals surface area contributed by atoms with E-state index in [0.717, 1.165) is 0 Å². The van der Waals surface area contributed by atoms with Gasteiger partial charge in [0.15, 0.2) is 0 Å². The number of amides is 1. The van der Waals surface area contributed by atoms with E-state index in [0.29, 0.717) is 0 Å². The number of hydrazone groups is 1. The van der Waals surface area contributed by atoms with E-state index in [1.54, 1.807) is 20.8 Å². The van der Waals surface area contributed by atoms with Crippen molar-refractivity contribution in [3.63, 3.8) is 0 Å². The Bertz CT molecular complexity index is 138. The molecule has 0 heterocycles. The highest BCUT2D eigenvalue weighted by Crippen LogP contribution is 2.05. The van der Waals surface area contributed by atoms with Crippen LogP contribution in [0.2, 0.25) is 0 Å². The molecule has 0 bridgehead atoms. The maximum atomic E-state index is 10.6. The monoisotopic (exact) mass is 174 g/mol. The van der Waals surface area contributed by atoms with E-state index in [-0.39, 0.29) is 0 Å². The van der Waals surface area contributed by atoms with E-state index < -0.39 is 11.7 Å². The van der Waals surface area contributed by atoms with Crippen LogP contribution in [0.3, 0.4) is 0 Å². The lowest BCUT2D eigenvalue weighted by Gasteiger charge is -2.18. The van der Waals surface area contributed by atoms with Crippen LogP contribution < -0.4 is 5.43 Å². The first-order chi connectivity index (χ1) is 5.45. The van der Waals surface area contributed by atoms with Crippen LogP contribution in [0.1, 0.15) is 34.6 Å². The molecule has 4 nitrogen and oxygen atoms in total. The van der Waals surface area contributed by atoms with E-state index in [1.807, 2.05) is 13.8 Å². The van der Waals surface area contributed by atoms with Gasteiger partial charge in [0.05, 0.1) is 0 Å². The number of ether oxygens (including phenoxy) is 1. The maximum absolute atomic E-state index is 10.6. The molecule has 0 aliphatic rings. The highest BCUT2D eigenvalue weighted by atomic mass is 16.6. The fraction of sp³-hybridized carbons (Fsp3) is 0.750. The van der Waals surface area contributed by atoms with Gasteiger partial charge in [-0.2, -0.15) is 5.10 Å². The van der Waals surface area contributed by atoms with E-state index in [4.69, 9.17) is 4.74 Å². The second-order valence-electron chi connectivity index (χ2n) is 2.77. The fourth-order valence-corrected chi connectivity index (χ4v) is 0.365. The first kappa shape index (κ1) is 13.5. The number of rotatable bonds is 1. The summed E-state index contributed by atoms with van der Waals surface area (Å²) in [6.45, 7) is 12.4. The van der Waals surface area contributed by atoms with E-state index in [9.17, 15) is 4.79 Å². The number of carbonyl (C=O) groups is 1. The summed E-state index contributed by atoms with van der Waals surface area (Å²) in [4.78, 5) is 10.6. The lowest BCUT2D eigenvalue weighted by Crippen LogP contribution is -2.29. The van der Waals surface area contributed by atoms with Crippen LogP contribution in [-0.4, -0.2) is 18.4 Å². The highest BCUT2D eigenvalue weighted by Gasteiger charge is 2.14. The van der Waals surface area contributed by atoms with E-state index in [2.05, 4.69) is 17.2 Å². The Labute approximate surface area is 74.0 Å². The van der Waals surface area contributed by atoms with Crippen LogP contribution >= 0.6 is 0 Å². The Morgan fingerprint density at radius 3 is 2.08 bits per heavy atom. The van der Waals surface area contributed by atoms with Crippen molar-refractivity contribution < 1.29 is 9.53 Å². The normalized spacial score (nSPS) is 9.08. The molecule has 0 aliphatic heterocycles. The van der Waals surface area contributed by atoms with E-state index >= 15 is 0 Å². The summed E-state index contributed by atoms with van der Waals surface area (Å²) in [7, 11) is 0. The van der Waals surface area contributed by atoms with Gasteiger partial charge < -0.3 is 4.74 Å². The molecule has 0 fully saturated rings. The standard InChI is InChI=1S/C6H12N2O2.C2H6/c1-6(2,3)10-5(9)8-7-4;1-2/h4H2,1-3H3,(H,8,9);1-2H3. The Morgan fingerprint density at radius 2 is 1.83 bits per heavy atom. The average Bonchev–Trinajstić information content (AvgIpc) is 1.88. The molecule has 0 saturated heterocycles. The summed E-state index contributed by atoms with van der Waals surface area (Å²) >= 11 is 0. The summed E-state index contributed by atoms with van der Waals surface area (Å²) in [6, 6.07) is 0. The van der Waals surface area contributed by atoms with Gasteiger partial charge >= 0.3 is 6.09 Å². The van der Waals surface area contributed by atoms with Crippen LogP contribution in [0.15, 0.2) is 5.10 Å². The van der Waals surface area contributed by atoms with Gasteiger partial charge in [-0.05, 0) is 20.8 Å². The van der Waals surface area contributed by atoms with Gasteiger partial charge in [0.1, 0.15) is 5.60 Å². The van der Waals surface area contributed by atoms with Gasteiger partial charge in [0, 0.05) is 6.72 Å². The molecule has 0 aromatic rings. The smallest absolute Gasteiger partial charge is 0.428 e. The average molecular weight is 174 g/mol. The molecule has 0 aromatic heterocycles. The lowest BCUT2D eigenvalue weighted by atomic mass is 10.2. The Morgan fingerprint density at radius 1 is 1.42 bits per heavy atom. The minimum atomic E-state index is -0.581. The Balaban J connectivity index is 0. The van der Waals surface area contributed by atoms with E-state index in [1.165, 1.54) is 0 Å². The molecular weight excluding hydrogens is 156 g/mol. The first-order valence-corrected chi connectivity index (χ1v) is 3.90. The molecule has 1 amide bonds. The predicted octanol–water partition coefficient (Wildman–Crippen LogP) is 2.15. The third-order valence-electron chi connectivity index (χ3n) is 0.569. The minimum absolute atomic E-state index is 0.477. The van der Waals surface area contributed by atoms with Crippen molar-refractivity contribution in [2.75, 3.05) is 0 Å². The zero-order chi connectivity index (χ0) is 10.2. The van der Waals surface area contributed by atoms with Crippen LogP contribution in [0.4, 0.5) is 4.79 Å². The molecule has 0 saturated carbocycles. The number of nitrogens with zero attached hydrogens (tertiary/aromatic N) is 1. The largest absolute Gasteiger partial charge is 0.443 e. The van der Waals surface area contributed by atoms with Crippen LogP contribution in [0.25, 0.3) is 0 Å². The molecule has 0 aromatic carbocycles. The number of hydrogen-bond acceptors (Lipinski definition) is 3. The van der Waals surface area contributed by atoms with Gasteiger partial charge in [-0.1, -0.05) is 13.8 Å². The van der Waals surface area contributed by atoms with Crippen LogP contribution in [-0.2, 0) is 4.74 Å². The molecule has 4 heteroatoms. The lowest BCUT2D eigenvalue weighted by molar-refractivity contribution is 0.0530. The van der Waals surface area contributed by atoms with Crippen molar-refractivity contribution in [1.29, 1.82) is 0 Å². The minimum Gasteiger partial charge on any atom is -0.443 e. The predicted molar refractivity (Wildman–Crippen MR) is 50.3 cm³/mol. The van der Waals surface area contributed by atoms with Gasteiger partial charge in [0.2, 0.25) is 0 Å². The Kier molecular flexibility index (Phi) is 7.48. The molecule has 0 rings (SSSR count). The van der Waals surface area contributed by atoms with Gasteiger partial charge in [0.25, 0.3) is 0 Å². The third-order valence-corrected chi connectivity index (χ3v) is 0.569. The second kappa shape index (κ2) is 6.64. The van der Waals surface area contributed by atoms with Crippen LogP contribution in [0.5, 0.6) is 0 Å². The maximum Gasteiger partial charge on any atom is 0.428 e. The fourth-order valence-electron chi connectivity index (χ4n) is 0.365. The van der Waals surface area contributed by atoms with Crippen molar-refractivity contribution in [3.05, 3.63) is 0 Å². The number of carbonyl (C=O) groups excluding carboxylic acids is 1. The van der Waals surface area contributed by atoms with Gasteiger partial charge in [-0.15, -0.1) is 0 Å². The first-order valence-electron chi connectivity index (χ1n) is 3.90. The van der Waals surface area contributed by atoms with Crippen molar-refractivity contribution in [3.8, 4) is 0 Å². The molecule has 12 heavy (non-hydrogen) atoms. The highest BCUT2D eigenvalue weighted by molar-refractivity contribution is 5.67. The number of hydrogen-bond donors (Lipinski definition) is 1. The third kappa shape index (κ3) is 11.7. The van der Waals surface area contributed by atoms with Crippen molar-refractivity contribution in [2.45, 2.75) is 40.2 Å². The topological polar surface area (TPSA) is 50.7 Å². The Hall–Kier alpha value is -1.06. The van der Waals surface area contributed by atoms with Crippen molar-refractivity contribution in [2.24, 2.45) is 5.10 Å². The molecular formula is C8H18N2O2. The van der Waals surface area contributed by atoms with Gasteiger partial charge in [-0.25, -0.2) is 10.2 Å². The summed E-state index contributed by atoms with van der Waals surface area (Å²) in [5, 5.41) is 3.15. The van der Waals surface area contributed by atoms with Gasteiger partial charge in [-0.3, -0.25) is 0 Å². The van der Waals surface area contributed by atoms with Crippen molar-refractivity contribution >= 4 is 12.8 Å². The summed E-state index contributed by atoms with van der Waals surface area (Å²) < 4.78 is 4.79. The number of nitrogens with one attached hydrogen (secondary N) is 1. The zero-order valence-electron chi connectivity index (χ0n) is 8.47. The molecule has 0 spiro atoms. The molecule has 0 aliphatic carbocycles. The van der Waals surface area contributed by atoms with Crippen molar-refractivity contribution in [1.82, 2.24) is 5.43 Å². The summed E-state index contributed by atoms with van der Waals surface area (Å²) in [6.07, 6.45) is -0.581. The second-order valence-corrected chi connectivity index (χ2v) is 2.77. The SMILES string of the molecule is C=NNC(=O)OC(C)(C)C.CC. The molecule has 1 N–H and O–H groups in total. The molecule has 0 unspecified atom stereocenters. The summed E-state index contributed by atoms with van der Waals surface area (Å²) in [5.74, 6) is 0. The van der Waals surface area contributed by atoms with Crippen LogP contribution in [0, 0.1) is 0 Å². The zero-order valence-corrected chi connectivity index (χ0v) is 8.47. The molecule has 72 valence electrons. The molecule has 0 atom stereocenters. The quantitative estimate of drug-likeness (QED) is 0.489. The summed E-state index contributed by atoms with van der Waals surface area (Å²) in [5.41, 5.74) is 1.58. The molecule has 0 radical (unpaired) electrons.